The Bertz CT molecular complexity index is 516. The van der Waals surface area contributed by atoms with Crippen LogP contribution in [-0.2, 0) is 13.0 Å². The molecule has 0 saturated carbocycles. The van der Waals surface area contributed by atoms with Gasteiger partial charge in [0.25, 0.3) is 5.91 Å². The van der Waals surface area contributed by atoms with Gasteiger partial charge in [-0.15, -0.1) is 11.3 Å². The molecule has 2 rings (SSSR count). The maximum absolute atomic E-state index is 12.0. The average Bonchev–Trinajstić information content (AvgIpc) is 2.97. The van der Waals surface area contributed by atoms with Crippen molar-refractivity contribution in [2.75, 3.05) is 0 Å². The van der Waals surface area contributed by atoms with Crippen LogP contribution in [0.15, 0.2) is 18.6 Å². The van der Waals surface area contributed by atoms with Gasteiger partial charge in [-0.25, -0.2) is 4.98 Å². The van der Waals surface area contributed by atoms with Gasteiger partial charge in [-0.1, -0.05) is 13.3 Å². The quantitative estimate of drug-likeness (QED) is 0.871. The Labute approximate surface area is 110 Å². The smallest absolute Gasteiger partial charge is 0.261 e. The summed E-state index contributed by atoms with van der Waals surface area (Å²) >= 11 is 1.56. The fraction of sp³-hybridized carbons (Fsp3) is 0.385. The Morgan fingerprint density at radius 3 is 3.06 bits per heavy atom. The van der Waals surface area contributed by atoms with Gasteiger partial charge in [0.05, 0.1) is 23.4 Å². The molecule has 0 aliphatic heterocycles. The molecule has 0 fully saturated rings. The van der Waals surface area contributed by atoms with E-state index < -0.39 is 0 Å². The van der Waals surface area contributed by atoms with Gasteiger partial charge in [0.1, 0.15) is 0 Å². The van der Waals surface area contributed by atoms with Crippen LogP contribution in [0.3, 0.4) is 0 Å². The number of hydrogen-bond donors (Lipinski definition) is 2. The lowest BCUT2D eigenvalue weighted by atomic mass is 10.1. The van der Waals surface area contributed by atoms with E-state index in [1.807, 2.05) is 6.07 Å². The predicted octanol–water partition coefficient (Wildman–Crippen LogP) is 2.66. The Morgan fingerprint density at radius 1 is 1.56 bits per heavy atom. The highest BCUT2D eigenvalue weighted by Crippen LogP contribution is 2.22. The number of nitrogens with zero attached hydrogens (tertiary/aromatic N) is 1. The minimum atomic E-state index is -0.0138. The molecule has 0 atom stereocenters. The zero-order valence-electron chi connectivity index (χ0n) is 10.6. The molecule has 4 nitrogen and oxygen atoms in total. The summed E-state index contributed by atoms with van der Waals surface area (Å²) in [4.78, 5) is 20.9. The van der Waals surface area contributed by atoms with E-state index in [0.29, 0.717) is 6.54 Å². The van der Waals surface area contributed by atoms with Crippen LogP contribution in [0.5, 0.6) is 0 Å². The van der Waals surface area contributed by atoms with Crippen molar-refractivity contribution in [3.05, 3.63) is 39.6 Å². The van der Waals surface area contributed by atoms with Crippen molar-refractivity contribution in [1.29, 1.82) is 0 Å². The summed E-state index contributed by atoms with van der Waals surface area (Å²) in [6.07, 6.45) is 5.46. The maximum atomic E-state index is 12.0. The molecule has 0 radical (unpaired) electrons. The number of amides is 1. The summed E-state index contributed by atoms with van der Waals surface area (Å²) in [5.74, 6) is -0.0138. The second-order valence-corrected chi connectivity index (χ2v) is 5.46. The maximum Gasteiger partial charge on any atom is 0.261 e. The highest BCUT2D eigenvalue weighted by molar-refractivity contribution is 7.14. The number of nitrogens with one attached hydrogen (secondary N) is 2. The summed E-state index contributed by atoms with van der Waals surface area (Å²) in [6, 6.07) is 2.01. The summed E-state index contributed by atoms with van der Waals surface area (Å²) in [7, 11) is 0. The normalized spacial score (nSPS) is 10.6. The van der Waals surface area contributed by atoms with Crippen LogP contribution < -0.4 is 5.32 Å². The first-order valence-electron chi connectivity index (χ1n) is 6.05. The second kappa shape index (κ2) is 5.82. The fourth-order valence-electron chi connectivity index (χ4n) is 1.79. The molecule has 0 spiro atoms. The standard InChI is InChI=1S/C13H17N3OS/c1-3-4-10-5-12(18-9(10)2)13(17)15-7-11-6-14-8-16-11/h5-6,8H,3-4,7H2,1-2H3,(H,14,16)(H,15,17). The van der Waals surface area contributed by atoms with Gasteiger partial charge >= 0.3 is 0 Å². The number of aromatic amines is 1. The van der Waals surface area contributed by atoms with Gasteiger partial charge in [-0.05, 0) is 25.0 Å². The number of aryl methyl sites for hydroxylation is 2. The molecule has 2 aromatic heterocycles. The van der Waals surface area contributed by atoms with Gasteiger partial charge in [-0.2, -0.15) is 0 Å². The van der Waals surface area contributed by atoms with E-state index in [-0.39, 0.29) is 5.91 Å². The number of aromatic nitrogens is 2. The molecular weight excluding hydrogens is 246 g/mol. The largest absolute Gasteiger partial charge is 0.347 e. The summed E-state index contributed by atoms with van der Waals surface area (Å²) in [5.41, 5.74) is 2.19. The topological polar surface area (TPSA) is 57.8 Å². The SMILES string of the molecule is CCCc1cc(C(=O)NCc2cnc[nH]2)sc1C. The molecule has 0 bridgehead atoms. The van der Waals surface area contributed by atoms with Gasteiger partial charge in [0, 0.05) is 11.1 Å². The third-order valence-corrected chi connectivity index (χ3v) is 3.85. The Morgan fingerprint density at radius 2 is 2.39 bits per heavy atom. The van der Waals surface area contributed by atoms with Crippen molar-refractivity contribution in [1.82, 2.24) is 15.3 Å². The average molecular weight is 263 g/mol. The van der Waals surface area contributed by atoms with Crippen molar-refractivity contribution >= 4 is 17.2 Å². The number of hydrogen-bond acceptors (Lipinski definition) is 3. The van der Waals surface area contributed by atoms with Gasteiger partial charge in [0.2, 0.25) is 0 Å². The van der Waals surface area contributed by atoms with Crippen LogP contribution in [0, 0.1) is 6.92 Å². The van der Waals surface area contributed by atoms with Gasteiger partial charge in [-0.3, -0.25) is 4.79 Å². The minimum Gasteiger partial charge on any atom is -0.347 e. The molecule has 0 unspecified atom stereocenters. The Kier molecular flexibility index (Phi) is 4.15. The van der Waals surface area contributed by atoms with E-state index in [4.69, 9.17) is 0 Å². The third kappa shape index (κ3) is 2.98. The third-order valence-electron chi connectivity index (χ3n) is 2.76. The lowest BCUT2D eigenvalue weighted by molar-refractivity contribution is 0.0954. The molecule has 18 heavy (non-hydrogen) atoms. The van der Waals surface area contributed by atoms with Crippen molar-refractivity contribution in [2.45, 2.75) is 33.2 Å². The summed E-state index contributed by atoms with van der Waals surface area (Å²) in [6.45, 7) is 4.70. The Balaban J connectivity index is 1.98. The number of thiophene rings is 1. The van der Waals surface area contributed by atoms with E-state index in [1.54, 1.807) is 23.9 Å². The summed E-state index contributed by atoms with van der Waals surface area (Å²) in [5, 5.41) is 2.88. The predicted molar refractivity (Wildman–Crippen MR) is 72.8 cm³/mol. The highest BCUT2D eigenvalue weighted by atomic mass is 32.1. The first kappa shape index (κ1) is 12.8. The second-order valence-electron chi connectivity index (χ2n) is 4.20. The zero-order chi connectivity index (χ0) is 13.0. The molecule has 2 heterocycles. The van der Waals surface area contributed by atoms with E-state index >= 15 is 0 Å². The van der Waals surface area contributed by atoms with Crippen LogP contribution in [-0.4, -0.2) is 15.9 Å². The zero-order valence-corrected chi connectivity index (χ0v) is 11.4. The number of carbonyl (C=O) groups excluding carboxylic acids is 1. The van der Waals surface area contributed by atoms with Crippen LogP contribution in [0.2, 0.25) is 0 Å². The molecular formula is C13H17N3OS. The van der Waals surface area contributed by atoms with Crippen molar-refractivity contribution in [3.63, 3.8) is 0 Å². The molecule has 2 aromatic rings. The lowest BCUT2D eigenvalue weighted by Crippen LogP contribution is -2.21. The first-order valence-corrected chi connectivity index (χ1v) is 6.87. The molecule has 0 aromatic carbocycles. The van der Waals surface area contributed by atoms with Crippen molar-refractivity contribution < 1.29 is 4.79 Å². The van der Waals surface area contributed by atoms with E-state index in [9.17, 15) is 4.79 Å². The van der Waals surface area contributed by atoms with Gasteiger partial charge < -0.3 is 10.3 Å². The highest BCUT2D eigenvalue weighted by Gasteiger charge is 2.11. The number of H-pyrrole nitrogens is 1. The van der Waals surface area contributed by atoms with E-state index in [2.05, 4.69) is 29.1 Å². The molecule has 2 N–H and O–H groups in total. The number of carbonyl (C=O) groups is 1. The summed E-state index contributed by atoms with van der Waals surface area (Å²) < 4.78 is 0. The number of rotatable bonds is 5. The van der Waals surface area contributed by atoms with Crippen LogP contribution >= 0.6 is 11.3 Å². The van der Waals surface area contributed by atoms with Crippen LogP contribution in [0.4, 0.5) is 0 Å². The lowest BCUT2D eigenvalue weighted by Gasteiger charge is -2.00. The molecule has 0 saturated heterocycles. The Hall–Kier alpha value is -1.62. The minimum absolute atomic E-state index is 0.0138. The molecule has 96 valence electrons. The monoisotopic (exact) mass is 263 g/mol. The molecule has 5 heteroatoms. The molecule has 0 aliphatic rings. The first-order chi connectivity index (χ1) is 8.70. The van der Waals surface area contributed by atoms with Crippen molar-refractivity contribution in [3.8, 4) is 0 Å². The molecule has 0 aliphatic carbocycles. The van der Waals surface area contributed by atoms with E-state index in [0.717, 1.165) is 23.4 Å². The van der Waals surface area contributed by atoms with Gasteiger partial charge in [0.15, 0.2) is 0 Å². The molecule has 1 amide bonds. The van der Waals surface area contributed by atoms with Crippen molar-refractivity contribution in [2.24, 2.45) is 0 Å². The number of imidazole rings is 1. The van der Waals surface area contributed by atoms with Crippen LogP contribution in [0.25, 0.3) is 0 Å². The van der Waals surface area contributed by atoms with E-state index in [1.165, 1.54) is 10.4 Å². The fourth-order valence-corrected chi connectivity index (χ4v) is 2.78. The van der Waals surface area contributed by atoms with Crippen LogP contribution in [0.1, 0.15) is 39.2 Å².